The number of nitrogens with one attached hydrogen (secondary N) is 1. The van der Waals surface area contributed by atoms with Gasteiger partial charge in [-0.2, -0.15) is 0 Å². The van der Waals surface area contributed by atoms with Gasteiger partial charge in [-0.15, -0.1) is 0 Å². The van der Waals surface area contributed by atoms with Gasteiger partial charge in [-0.3, -0.25) is 4.79 Å². The topological polar surface area (TPSA) is 97.6 Å². The minimum atomic E-state index is -0.544. The molecule has 0 radical (unpaired) electrons. The van der Waals surface area contributed by atoms with E-state index in [4.69, 9.17) is 9.47 Å². The molecule has 2 saturated heterocycles. The Balaban J connectivity index is 1.32. The predicted octanol–water partition coefficient (Wildman–Crippen LogP) is 4.13. The monoisotopic (exact) mass is 531 g/mol. The average Bonchev–Trinajstić information content (AvgIpc) is 3.52. The van der Waals surface area contributed by atoms with Crippen LogP contribution < -0.4 is 19.7 Å². The summed E-state index contributed by atoms with van der Waals surface area (Å²) in [6.45, 7) is 3.87. The van der Waals surface area contributed by atoms with Gasteiger partial charge in [-0.1, -0.05) is 0 Å². The van der Waals surface area contributed by atoms with Crippen molar-refractivity contribution in [2.45, 2.75) is 25.3 Å². The Morgan fingerprint density at radius 1 is 1.10 bits per heavy atom. The number of carbonyl (C=O) groups excluding carboxylic acids is 1. The fourth-order valence-electron chi connectivity index (χ4n) is 5.75. The van der Waals surface area contributed by atoms with Crippen LogP contribution in [0.2, 0.25) is 0 Å². The third kappa shape index (κ3) is 4.18. The summed E-state index contributed by atoms with van der Waals surface area (Å²) in [7, 11) is 5.13. The number of anilines is 3. The van der Waals surface area contributed by atoms with Gasteiger partial charge in [0.15, 0.2) is 5.82 Å². The Morgan fingerprint density at radius 2 is 1.90 bits per heavy atom. The van der Waals surface area contributed by atoms with Crippen molar-refractivity contribution in [3.8, 4) is 22.8 Å². The second-order valence-electron chi connectivity index (χ2n) is 10.2. The molecule has 5 heterocycles. The lowest BCUT2D eigenvalue weighted by Crippen LogP contribution is -2.69. The molecule has 0 saturated carbocycles. The molecule has 4 aromatic rings. The van der Waals surface area contributed by atoms with Gasteiger partial charge in [-0.25, -0.2) is 19.3 Å². The SMILES string of the molecule is COc1cc(N2CCCC23CN(C(C)=O)C3)c(OC)cc1Nc1ncc(F)c(-c2cnc3c(ccn3C)c2)n1. The van der Waals surface area contributed by atoms with Crippen molar-refractivity contribution in [2.75, 3.05) is 44.1 Å². The van der Waals surface area contributed by atoms with Crippen LogP contribution in [0.15, 0.2) is 42.9 Å². The number of pyridine rings is 1. The van der Waals surface area contributed by atoms with E-state index in [-0.39, 0.29) is 23.1 Å². The highest BCUT2D eigenvalue weighted by molar-refractivity contribution is 5.82. The number of halogens is 1. The lowest BCUT2D eigenvalue weighted by molar-refractivity contribution is -0.135. The van der Waals surface area contributed by atoms with Crippen LogP contribution in [0.1, 0.15) is 19.8 Å². The van der Waals surface area contributed by atoms with Crippen LogP contribution in [0.4, 0.5) is 21.7 Å². The molecule has 6 rings (SSSR count). The normalized spacial score (nSPS) is 16.0. The number of hydrogen-bond donors (Lipinski definition) is 1. The second-order valence-corrected chi connectivity index (χ2v) is 10.2. The second kappa shape index (κ2) is 9.40. The van der Waals surface area contributed by atoms with E-state index in [0.29, 0.717) is 35.8 Å². The van der Waals surface area contributed by atoms with Crippen molar-refractivity contribution >= 4 is 34.3 Å². The fraction of sp³-hybridized carbons (Fsp3) is 0.357. The zero-order chi connectivity index (χ0) is 27.3. The number of carbonyl (C=O) groups is 1. The van der Waals surface area contributed by atoms with Gasteiger partial charge in [0.25, 0.3) is 0 Å². The molecular formula is C28H30FN7O3. The van der Waals surface area contributed by atoms with Crippen LogP contribution >= 0.6 is 0 Å². The number of aryl methyl sites for hydroxylation is 1. The molecule has 202 valence electrons. The van der Waals surface area contributed by atoms with E-state index in [1.807, 2.05) is 47.0 Å². The summed E-state index contributed by atoms with van der Waals surface area (Å²) < 4.78 is 28.3. The minimum Gasteiger partial charge on any atom is -0.494 e. The molecule has 39 heavy (non-hydrogen) atoms. The summed E-state index contributed by atoms with van der Waals surface area (Å²) in [5.41, 5.74) is 2.90. The minimum absolute atomic E-state index is 0.0923. The zero-order valence-electron chi connectivity index (χ0n) is 22.4. The molecule has 2 aliphatic rings. The average molecular weight is 532 g/mol. The van der Waals surface area contributed by atoms with E-state index in [2.05, 4.69) is 25.2 Å². The quantitative estimate of drug-likeness (QED) is 0.397. The molecule has 0 unspecified atom stereocenters. The van der Waals surface area contributed by atoms with Gasteiger partial charge in [0.1, 0.15) is 22.8 Å². The molecule has 11 heteroatoms. The van der Waals surface area contributed by atoms with Crippen LogP contribution in [-0.2, 0) is 11.8 Å². The highest BCUT2D eigenvalue weighted by Gasteiger charge is 2.51. The van der Waals surface area contributed by atoms with Crippen molar-refractivity contribution in [3.63, 3.8) is 0 Å². The van der Waals surface area contributed by atoms with Gasteiger partial charge in [0.2, 0.25) is 11.9 Å². The Kier molecular flexibility index (Phi) is 6.00. The Labute approximate surface area is 225 Å². The first kappa shape index (κ1) is 24.9. The van der Waals surface area contributed by atoms with Gasteiger partial charge in [-0.05, 0) is 25.0 Å². The van der Waals surface area contributed by atoms with Gasteiger partial charge < -0.3 is 29.2 Å². The van der Waals surface area contributed by atoms with Crippen molar-refractivity contribution in [1.82, 2.24) is 24.4 Å². The molecule has 10 nitrogen and oxygen atoms in total. The van der Waals surface area contributed by atoms with Gasteiger partial charge >= 0.3 is 0 Å². The molecule has 1 amide bonds. The lowest BCUT2D eigenvalue weighted by Gasteiger charge is -2.53. The third-order valence-corrected chi connectivity index (χ3v) is 7.77. The number of methoxy groups -OCH3 is 2. The molecule has 0 bridgehead atoms. The standard InChI is InChI=1S/C28H30FN7O3/c1-17(37)35-15-28(16-35)7-5-8-36(28)22-12-23(38-3)21(11-24(22)39-4)32-27-31-14-20(29)25(33-27)19-10-18-6-9-34(2)26(18)30-13-19/h6,9-14H,5,7-8,15-16H2,1-4H3,(H,31,32,33). The number of ether oxygens (including phenoxy) is 2. The third-order valence-electron chi connectivity index (χ3n) is 7.77. The molecule has 1 N–H and O–H groups in total. The van der Waals surface area contributed by atoms with Crippen LogP contribution in [0, 0.1) is 5.82 Å². The molecule has 0 aliphatic carbocycles. The summed E-state index contributed by atoms with van der Waals surface area (Å²) in [5, 5.41) is 4.07. The van der Waals surface area contributed by atoms with E-state index in [9.17, 15) is 9.18 Å². The molecule has 2 aliphatic heterocycles. The number of rotatable bonds is 6. The van der Waals surface area contributed by atoms with E-state index in [1.54, 1.807) is 27.3 Å². The number of hydrogen-bond acceptors (Lipinski definition) is 8. The fourth-order valence-corrected chi connectivity index (χ4v) is 5.75. The summed E-state index contributed by atoms with van der Waals surface area (Å²) in [5.74, 6) is 0.979. The van der Waals surface area contributed by atoms with E-state index >= 15 is 0 Å². The Bertz CT molecular complexity index is 1580. The van der Waals surface area contributed by atoms with Crippen LogP contribution in [0.5, 0.6) is 11.5 Å². The maximum absolute atomic E-state index is 14.8. The summed E-state index contributed by atoms with van der Waals surface area (Å²) in [6, 6.07) is 7.55. The molecule has 2 fully saturated rings. The first-order valence-electron chi connectivity index (χ1n) is 12.8. The maximum atomic E-state index is 14.8. The maximum Gasteiger partial charge on any atom is 0.228 e. The highest BCUT2D eigenvalue weighted by Crippen LogP contribution is 2.47. The van der Waals surface area contributed by atoms with Crippen molar-refractivity contribution in [3.05, 3.63) is 48.7 Å². The highest BCUT2D eigenvalue weighted by atomic mass is 19.1. The largest absolute Gasteiger partial charge is 0.494 e. The molecule has 0 atom stereocenters. The van der Waals surface area contributed by atoms with Crippen LogP contribution in [0.25, 0.3) is 22.3 Å². The summed E-state index contributed by atoms with van der Waals surface area (Å²) >= 11 is 0. The van der Waals surface area contributed by atoms with E-state index < -0.39 is 5.82 Å². The zero-order valence-corrected chi connectivity index (χ0v) is 22.4. The van der Waals surface area contributed by atoms with E-state index in [1.165, 1.54) is 0 Å². The molecule has 1 spiro atoms. The molecule has 1 aromatic carbocycles. The van der Waals surface area contributed by atoms with Crippen LogP contribution in [0.3, 0.4) is 0 Å². The smallest absolute Gasteiger partial charge is 0.228 e. The van der Waals surface area contributed by atoms with Gasteiger partial charge in [0.05, 0.1) is 37.3 Å². The number of nitrogens with zero attached hydrogens (tertiary/aromatic N) is 6. The lowest BCUT2D eigenvalue weighted by atomic mass is 9.86. The number of amides is 1. The number of aromatic nitrogens is 4. The Hall–Kier alpha value is -4.41. The van der Waals surface area contributed by atoms with Crippen molar-refractivity contribution in [1.29, 1.82) is 0 Å². The first-order chi connectivity index (χ1) is 18.8. The number of benzene rings is 1. The van der Waals surface area contributed by atoms with Crippen molar-refractivity contribution in [2.24, 2.45) is 7.05 Å². The summed E-state index contributed by atoms with van der Waals surface area (Å²) in [6.07, 6.45) is 6.70. The van der Waals surface area contributed by atoms with Crippen molar-refractivity contribution < 1.29 is 18.7 Å². The van der Waals surface area contributed by atoms with Crippen LogP contribution in [-0.4, -0.2) is 69.7 Å². The Morgan fingerprint density at radius 3 is 2.64 bits per heavy atom. The number of likely N-dealkylation sites (tertiary alicyclic amines) is 1. The molecule has 3 aromatic heterocycles. The van der Waals surface area contributed by atoms with E-state index in [0.717, 1.165) is 42.3 Å². The molecular weight excluding hydrogens is 501 g/mol. The van der Waals surface area contributed by atoms with Gasteiger partial charge in [0, 0.05) is 69.1 Å². The summed E-state index contributed by atoms with van der Waals surface area (Å²) in [4.78, 5) is 29.1. The first-order valence-corrected chi connectivity index (χ1v) is 12.8. The number of fused-ring (bicyclic) bond motifs is 1. The predicted molar refractivity (Wildman–Crippen MR) is 146 cm³/mol.